The van der Waals surface area contributed by atoms with Gasteiger partial charge in [-0.05, 0) is 24.5 Å². The number of piperazine rings is 1. The van der Waals surface area contributed by atoms with E-state index in [1.165, 1.54) is 11.1 Å². The summed E-state index contributed by atoms with van der Waals surface area (Å²) >= 11 is 0. The molecule has 6 heteroatoms. The van der Waals surface area contributed by atoms with Gasteiger partial charge in [-0.2, -0.15) is 4.98 Å². The molecule has 0 spiro atoms. The Morgan fingerprint density at radius 3 is 2.83 bits per heavy atom. The highest BCUT2D eigenvalue weighted by Gasteiger charge is 2.27. The predicted octanol–water partition coefficient (Wildman–Crippen LogP) is 2.05. The third-order valence-corrected chi connectivity index (χ3v) is 4.46. The van der Waals surface area contributed by atoms with Gasteiger partial charge in [0.15, 0.2) is 5.82 Å². The van der Waals surface area contributed by atoms with E-state index < -0.39 is 0 Å². The first-order chi connectivity index (χ1) is 11.7. The highest BCUT2D eigenvalue weighted by molar-refractivity contribution is 5.77. The predicted molar refractivity (Wildman–Crippen MR) is 90.5 cm³/mol. The number of amides is 1. The molecular weight excluding hydrogens is 304 g/mol. The maximum absolute atomic E-state index is 12.7. The summed E-state index contributed by atoms with van der Waals surface area (Å²) in [5.74, 6) is 1.27. The van der Waals surface area contributed by atoms with Gasteiger partial charge >= 0.3 is 0 Å². The Morgan fingerprint density at radius 1 is 1.38 bits per heavy atom. The molecular formula is C18H24N4O2. The summed E-state index contributed by atoms with van der Waals surface area (Å²) in [6, 6.07) is 8.65. The van der Waals surface area contributed by atoms with Crippen LogP contribution in [0.5, 0.6) is 0 Å². The highest BCUT2D eigenvalue weighted by Crippen LogP contribution is 2.24. The number of nitrogens with one attached hydrogen (secondary N) is 1. The second kappa shape index (κ2) is 7.57. The zero-order valence-corrected chi connectivity index (χ0v) is 14.3. The molecule has 1 aromatic carbocycles. The molecule has 1 amide bonds. The topological polar surface area (TPSA) is 71.3 Å². The molecule has 1 N–H and O–H groups in total. The van der Waals surface area contributed by atoms with E-state index in [4.69, 9.17) is 4.52 Å². The summed E-state index contributed by atoms with van der Waals surface area (Å²) in [6.45, 7) is 6.26. The third kappa shape index (κ3) is 3.82. The quantitative estimate of drug-likeness (QED) is 0.909. The molecule has 1 aliphatic rings. The van der Waals surface area contributed by atoms with Gasteiger partial charge in [0, 0.05) is 32.5 Å². The smallest absolute Gasteiger partial charge is 0.227 e. The second-order valence-corrected chi connectivity index (χ2v) is 6.14. The average molecular weight is 328 g/mol. The van der Waals surface area contributed by atoms with E-state index in [-0.39, 0.29) is 11.9 Å². The molecule has 1 aliphatic heterocycles. The van der Waals surface area contributed by atoms with E-state index in [9.17, 15) is 4.79 Å². The molecule has 3 rings (SSSR count). The van der Waals surface area contributed by atoms with Gasteiger partial charge in [0.2, 0.25) is 11.8 Å². The Labute approximate surface area is 142 Å². The van der Waals surface area contributed by atoms with Crippen molar-refractivity contribution in [1.29, 1.82) is 0 Å². The minimum Gasteiger partial charge on any atom is -0.339 e. The van der Waals surface area contributed by atoms with Gasteiger partial charge in [-0.25, -0.2) is 0 Å². The lowest BCUT2D eigenvalue weighted by Gasteiger charge is -2.36. The van der Waals surface area contributed by atoms with E-state index in [1.807, 2.05) is 4.90 Å². The molecule has 0 bridgehead atoms. The summed E-state index contributed by atoms with van der Waals surface area (Å²) in [4.78, 5) is 18.8. The summed E-state index contributed by atoms with van der Waals surface area (Å²) in [5.41, 5.74) is 2.49. The summed E-state index contributed by atoms with van der Waals surface area (Å²) in [5, 5.41) is 7.15. The molecule has 2 aromatic rings. The molecule has 0 aliphatic carbocycles. The number of carbonyl (C=O) groups is 1. The molecule has 1 aromatic heterocycles. The van der Waals surface area contributed by atoms with Crippen molar-refractivity contribution in [3.63, 3.8) is 0 Å². The summed E-state index contributed by atoms with van der Waals surface area (Å²) < 4.78 is 5.09. The average Bonchev–Trinajstić information content (AvgIpc) is 3.05. The first-order valence-electron chi connectivity index (χ1n) is 8.55. The Bertz CT molecular complexity index is 681. The number of aromatic nitrogens is 2. The number of rotatable bonds is 5. The molecule has 6 nitrogen and oxygen atoms in total. The lowest BCUT2D eigenvalue weighted by atomic mass is 10.0. The van der Waals surface area contributed by atoms with Crippen LogP contribution in [0.2, 0.25) is 0 Å². The van der Waals surface area contributed by atoms with Crippen LogP contribution in [0, 0.1) is 6.92 Å². The number of hydrogen-bond acceptors (Lipinski definition) is 5. The highest BCUT2D eigenvalue weighted by atomic mass is 16.5. The maximum Gasteiger partial charge on any atom is 0.227 e. The van der Waals surface area contributed by atoms with Crippen molar-refractivity contribution in [2.75, 3.05) is 19.6 Å². The van der Waals surface area contributed by atoms with Gasteiger partial charge in [0.1, 0.15) is 0 Å². The minimum absolute atomic E-state index is 0.0848. The Balaban J connectivity index is 1.67. The minimum atomic E-state index is 0.0848. The molecule has 1 saturated heterocycles. The summed E-state index contributed by atoms with van der Waals surface area (Å²) in [7, 11) is 0. The molecule has 2 heterocycles. The zero-order valence-electron chi connectivity index (χ0n) is 14.3. The van der Waals surface area contributed by atoms with Crippen LogP contribution in [0.25, 0.3) is 0 Å². The molecule has 1 atom stereocenters. The largest absolute Gasteiger partial charge is 0.339 e. The van der Waals surface area contributed by atoms with Crippen LogP contribution in [0.1, 0.15) is 42.2 Å². The molecule has 0 saturated carbocycles. The number of nitrogens with zero attached hydrogens (tertiary/aromatic N) is 3. The summed E-state index contributed by atoms with van der Waals surface area (Å²) in [6.07, 6.45) is 1.91. The van der Waals surface area contributed by atoms with Crippen LogP contribution in [0.15, 0.2) is 28.8 Å². The Hall–Kier alpha value is -2.21. The van der Waals surface area contributed by atoms with Crippen molar-refractivity contribution in [2.24, 2.45) is 0 Å². The van der Waals surface area contributed by atoms with Crippen molar-refractivity contribution in [1.82, 2.24) is 20.4 Å². The van der Waals surface area contributed by atoms with Crippen LogP contribution in [0.4, 0.5) is 0 Å². The van der Waals surface area contributed by atoms with Crippen LogP contribution in [0.3, 0.4) is 0 Å². The second-order valence-electron chi connectivity index (χ2n) is 6.14. The lowest BCUT2D eigenvalue weighted by molar-refractivity contribution is -0.134. The fraction of sp³-hybridized carbons (Fsp3) is 0.500. The maximum atomic E-state index is 12.7. The van der Waals surface area contributed by atoms with Gasteiger partial charge < -0.3 is 14.7 Å². The van der Waals surface area contributed by atoms with E-state index >= 15 is 0 Å². The molecule has 0 radical (unpaired) electrons. The van der Waals surface area contributed by atoms with Crippen molar-refractivity contribution < 1.29 is 9.32 Å². The van der Waals surface area contributed by atoms with Gasteiger partial charge in [-0.1, -0.05) is 36.3 Å². The van der Waals surface area contributed by atoms with Crippen LogP contribution in [-0.2, 0) is 17.6 Å². The SMILES string of the molecule is CCc1ccc(C2CNCCN2C(=O)CCc2nc(C)no2)cc1. The van der Waals surface area contributed by atoms with Crippen molar-refractivity contribution in [2.45, 2.75) is 39.2 Å². The number of benzene rings is 1. The van der Waals surface area contributed by atoms with Crippen molar-refractivity contribution in [3.05, 3.63) is 47.1 Å². The van der Waals surface area contributed by atoms with Gasteiger partial charge in [0.05, 0.1) is 6.04 Å². The van der Waals surface area contributed by atoms with Crippen LogP contribution in [-0.4, -0.2) is 40.6 Å². The lowest BCUT2D eigenvalue weighted by Crippen LogP contribution is -2.48. The van der Waals surface area contributed by atoms with E-state index in [1.54, 1.807) is 6.92 Å². The van der Waals surface area contributed by atoms with E-state index in [0.29, 0.717) is 24.6 Å². The molecule has 1 fully saturated rings. The molecule has 1 unspecified atom stereocenters. The third-order valence-electron chi connectivity index (χ3n) is 4.46. The number of hydrogen-bond donors (Lipinski definition) is 1. The Morgan fingerprint density at radius 2 is 2.17 bits per heavy atom. The van der Waals surface area contributed by atoms with Crippen LogP contribution >= 0.6 is 0 Å². The van der Waals surface area contributed by atoms with Gasteiger partial charge in [-0.3, -0.25) is 4.79 Å². The van der Waals surface area contributed by atoms with E-state index in [2.05, 4.69) is 46.6 Å². The first kappa shape index (κ1) is 16.6. The van der Waals surface area contributed by atoms with Crippen molar-refractivity contribution in [3.8, 4) is 0 Å². The fourth-order valence-electron chi connectivity index (χ4n) is 3.08. The molecule has 24 heavy (non-hydrogen) atoms. The van der Waals surface area contributed by atoms with E-state index in [0.717, 1.165) is 26.1 Å². The standard InChI is InChI=1S/C18H24N4O2/c1-3-14-4-6-15(7-5-14)16-12-19-10-11-22(16)18(23)9-8-17-20-13(2)21-24-17/h4-7,16,19H,3,8-12H2,1-2H3. The monoisotopic (exact) mass is 328 g/mol. The van der Waals surface area contributed by atoms with Gasteiger partial charge in [0.25, 0.3) is 0 Å². The first-order valence-corrected chi connectivity index (χ1v) is 8.55. The normalized spacial score (nSPS) is 17.9. The Kier molecular flexibility index (Phi) is 5.25. The number of carbonyl (C=O) groups excluding carboxylic acids is 1. The van der Waals surface area contributed by atoms with Gasteiger partial charge in [-0.15, -0.1) is 0 Å². The van der Waals surface area contributed by atoms with Crippen LogP contribution < -0.4 is 5.32 Å². The molecule has 128 valence electrons. The van der Waals surface area contributed by atoms with Crippen molar-refractivity contribution >= 4 is 5.91 Å². The number of aryl methyl sites for hydroxylation is 3. The fourth-order valence-corrected chi connectivity index (χ4v) is 3.08. The zero-order chi connectivity index (χ0) is 16.9.